The normalized spacial score (nSPS) is 14.7. The lowest BCUT2D eigenvalue weighted by Crippen LogP contribution is -2.33. The number of ether oxygens (including phenoxy) is 1. The van der Waals surface area contributed by atoms with Crippen LogP contribution in [-0.2, 0) is 18.3 Å². The van der Waals surface area contributed by atoms with Gasteiger partial charge in [-0.3, -0.25) is 9.59 Å². The number of fused-ring (bicyclic) bond motifs is 2. The molecule has 1 atom stereocenters. The molecule has 216 valence electrons. The molecule has 0 saturated heterocycles. The third-order valence-corrected chi connectivity index (χ3v) is 8.83. The van der Waals surface area contributed by atoms with Crippen LogP contribution >= 0.6 is 0 Å². The number of H-pyrrole nitrogens is 1. The first-order valence-electron chi connectivity index (χ1n) is 14.8. The van der Waals surface area contributed by atoms with E-state index in [1.54, 1.807) is 18.7 Å². The van der Waals surface area contributed by atoms with Crippen molar-refractivity contribution in [1.29, 1.82) is 0 Å². The minimum absolute atomic E-state index is 0.0234. The van der Waals surface area contributed by atoms with E-state index in [-0.39, 0.29) is 23.1 Å². The first kappa shape index (κ1) is 27.6. The minimum atomic E-state index is -0.587. The molecule has 0 aliphatic heterocycles. The van der Waals surface area contributed by atoms with Crippen LogP contribution in [0, 0.1) is 5.92 Å². The largest absolute Gasteiger partial charge is 0.507 e. The van der Waals surface area contributed by atoms with E-state index in [2.05, 4.69) is 16.4 Å². The first-order valence-corrected chi connectivity index (χ1v) is 14.8. The van der Waals surface area contributed by atoms with Gasteiger partial charge in [0.2, 0.25) is 5.91 Å². The molecule has 2 heterocycles. The number of aromatic amines is 1. The Labute approximate surface area is 245 Å². The number of amides is 1. The highest BCUT2D eigenvalue weighted by Crippen LogP contribution is 2.41. The summed E-state index contributed by atoms with van der Waals surface area (Å²) in [5.74, 6) is 0.311. The Morgan fingerprint density at radius 2 is 1.69 bits per heavy atom. The van der Waals surface area contributed by atoms with Gasteiger partial charge < -0.3 is 24.7 Å². The number of pyridine rings is 1. The number of nitrogens with one attached hydrogen (secondary N) is 2. The van der Waals surface area contributed by atoms with Gasteiger partial charge in [0.15, 0.2) is 0 Å². The van der Waals surface area contributed by atoms with Crippen LogP contribution in [-0.4, -0.2) is 34.2 Å². The summed E-state index contributed by atoms with van der Waals surface area (Å²) >= 11 is 0. The Balaban J connectivity index is 1.49. The molecule has 0 bridgehead atoms. The van der Waals surface area contributed by atoms with Gasteiger partial charge in [0.05, 0.1) is 24.1 Å². The molecule has 7 heteroatoms. The molecule has 1 aliphatic carbocycles. The lowest BCUT2D eigenvalue weighted by molar-refractivity contribution is -0.125. The number of aryl methyl sites for hydroxylation is 1. The summed E-state index contributed by atoms with van der Waals surface area (Å²) in [4.78, 5) is 30.6. The number of para-hydroxylation sites is 2. The Morgan fingerprint density at radius 3 is 2.43 bits per heavy atom. The standard InChI is InChI=1S/C35H37N3O4/c1-38-29-15-9-7-13-27(29)33(39)31(35(38)41)30(22-16-18-24(42-2)19-17-22)32-26(25-12-6-8-14-28(25)37-32)20-21-36-34(40)23-10-4-3-5-11-23/h6-9,12-19,23,30,37,39H,3-5,10-11,20-21H2,1-2H3,(H,36,40). The van der Waals surface area contributed by atoms with E-state index in [4.69, 9.17) is 4.74 Å². The number of aromatic hydroxyl groups is 1. The number of carbonyl (C=O) groups excluding carboxylic acids is 1. The number of methoxy groups -OCH3 is 1. The molecule has 2 aromatic heterocycles. The van der Waals surface area contributed by atoms with Crippen LogP contribution in [0.5, 0.6) is 11.5 Å². The average molecular weight is 564 g/mol. The van der Waals surface area contributed by atoms with Crippen molar-refractivity contribution in [3.8, 4) is 11.5 Å². The third-order valence-electron chi connectivity index (χ3n) is 8.83. The van der Waals surface area contributed by atoms with E-state index < -0.39 is 5.92 Å². The van der Waals surface area contributed by atoms with Gasteiger partial charge in [0.25, 0.3) is 5.56 Å². The topological polar surface area (TPSA) is 96.3 Å². The molecule has 1 saturated carbocycles. The van der Waals surface area contributed by atoms with Gasteiger partial charge in [0, 0.05) is 41.5 Å². The molecule has 5 aromatic rings. The van der Waals surface area contributed by atoms with Crippen LogP contribution < -0.4 is 15.6 Å². The van der Waals surface area contributed by atoms with Gasteiger partial charge >= 0.3 is 0 Å². The fourth-order valence-electron chi connectivity index (χ4n) is 6.59. The summed E-state index contributed by atoms with van der Waals surface area (Å²) in [7, 11) is 3.36. The maximum absolute atomic E-state index is 14.0. The molecule has 0 radical (unpaired) electrons. The Bertz CT molecular complexity index is 1800. The van der Waals surface area contributed by atoms with Crippen LogP contribution in [0.2, 0.25) is 0 Å². The van der Waals surface area contributed by atoms with Crippen LogP contribution in [0.25, 0.3) is 21.8 Å². The first-order chi connectivity index (χ1) is 20.5. The number of hydrogen-bond acceptors (Lipinski definition) is 4. The molecule has 3 aromatic carbocycles. The number of benzene rings is 3. The summed E-state index contributed by atoms with van der Waals surface area (Å²) in [6.45, 7) is 0.487. The zero-order chi connectivity index (χ0) is 29.2. The Morgan fingerprint density at radius 1 is 1.00 bits per heavy atom. The van der Waals surface area contributed by atoms with E-state index in [1.165, 1.54) is 6.42 Å². The van der Waals surface area contributed by atoms with Gasteiger partial charge in [-0.15, -0.1) is 0 Å². The molecular weight excluding hydrogens is 526 g/mol. The Kier molecular flexibility index (Phi) is 7.74. The maximum Gasteiger partial charge on any atom is 0.258 e. The summed E-state index contributed by atoms with van der Waals surface area (Å²) in [5.41, 5.74) is 4.34. The van der Waals surface area contributed by atoms with Crippen molar-refractivity contribution in [1.82, 2.24) is 14.9 Å². The van der Waals surface area contributed by atoms with Gasteiger partial charge in [0.1, 0.15) is 11.5 Å². The van der Waals surface area contributed by atoms with Gasteiger partial charge in [-0.2, -0.15) is 0 Å². The number of hydrogen-bond donors (Lipinski definition) is 3. The molecule has 42 heavy (non-hydrogen) atoms. The maximum atomic E-state index is 14.0. The quantitative estimate of drug-likeness (QED) is 0.211. The summed E-state index contributed by atoms with van der Waals surface area (Å²) < 4.78 is 7.02. The SMILES string of the molecule is COc1ccc(C(c2[nH]c3ccccc3c2CCNC(=O)C2CCCCC2)c2c(O)c3ccccc3n(C)c2=O)cc1. The van der Waals surface area contributed by atoms with E-state index in [0.717, 1.165) is 53.4 Å². The van der Waals surface area contributed by atoms with Crippen molar-refractivity contribution >= 4 is 27.7 Å². The number of rotatable bonds is 8. The van der Waals surface area contributed by atoms with Crippen LogP contribution in [0.3, 0.4) is 0 Å². The molecule has 3 N–H and O–H groups in total. The molecule has 1 amide bonds. The second-order valence-electron chi connectivity index (χ2n) is 11.3. The van der Waals surface area contributed by atoms with Crippen molar-refractivity contribution in [3.63, 3.8) is 0 Å². The van der Waals surface area contributed by atoms with Crippen molar-refractivity contribution in [2.24, 2.45) is 13.0 Å². The molecular formula is C35H37N3O4. The van der Waals surface area contributed by atoms with E-state index in [9.17, 15) is 14.7 Å². The highest BCUT2D eigenvalue weighted by atomic mass is 16.5. The average Bonchev–Trinajstić information content (AvgIpc) is 3.40. The van der Waals surface area contributed by atoms with Crippen molar-refractivity contribution < 1.29 is 14.6 Å². The lowest BCUT2D eigenvalue weighted by Gasteiger charge is -2.23. The Hall–Kier alpha value is -4.52. The zero-order valence-corrected chi connectivity index (χ0v) is 24.2. The van der Waals surface area contributed by atoms with Crippen molar-refractivity contribution in [2.45, 2.75) is 44.4 Å². The van der Waals surface area contributed by atoms with Crippen LogP contribution in [0.1, 0.15) is 60.4 Å². The fourth-order valence-corrected chi connectivity index (χ4v) is 6.59. The zero-order valence-electron chi connectivity index (χ0n) is 24.2. The van der Waals surface area contributed by atoms with Gasteiger partial charge in [-0.05, 0) is 60.7 Å². The molecule has 1 fully saturated rings. The monoisotopic (exact) mass is 563 g/mol. The van der Waals surface area contributed by atoms with E-state index >= 15 is 0 Å². The second-order valence-corrected chi connectivity index (χ2v) is 11.3. The summed E-state index contributed by atoms with van der Waals surface area (Å²) in [5, 5.41) is 16.5. The highest BCUT2D eigenvalue weighted by Gasteiger charge is 2.30. The van der Waals surface area contributed by atoms with Crippen molar-refractivity contribution in [2.75, 3.05) is 13.7 Å². The van der Waals surface area contributed by atoms with Gasteiger partial charge in [-0.1, -0.05) is 61.7 Å². The van der Waals surface area contributed by atoms with Gasteiger partial charge in [-0.25, -0.2) is 0 Å². The molecule has 6 rings (SSSR count). The second kappa shape index (κ2) is 11.8. The van der Waals surface area contributed by atoms with E-state index in [0.29, 0.717) is 35.2 Å². The molecule has 1 aliphatic rings. The number of nitrogens with zero attached hydrogens (tertiary/aromatic N) is 1. The molecule has 7 nitrogen and oxygen atoms in total. The molecule has 1 unspecified atom stereocenters. The number of aromatic nitrogens is 2. The molecule has 0 spiro atoms. The van der Waals surface area contributed by atoms with Crippen LogP contribution in [0.15, 0.2) is 77.6 Å². The predicted octanol–water partition coefficient (Wildman–Crippen LogP) is 6.15. The summed E-state index contributed by atoms with van der Waals surface area (Å²) in [6.07, 6.45) is 5.91. The lowest BCUT2D eigenvalue weighted by atomic mass is 9.85. The predicted molar refractivity (Wildman–Crippen MR) is 166 cm³/mol. The smallest absolute Gasteiger partial charge is 0.258 e. The minimum Gasteiger partial charge on any atom is -0.507 e. The third kappa shape index (κ3) is 5.04. The van der Waals surface area contributed by atoms with Crippen LogP contribution in [0.4, 0.5) is 0 Å². The number of carbonyl (C=O) groups is 1. The van der Waals surface area contributed by atoms with Crippen molar-refractivity contribution in [3.05, 3.63) is 106 Å². The highest BCUT2D eigenvalue weighted by molar-refractivity contribution is 5.88. The van der Waals surface area contributed by atoms with E-state index in [1.807, 2.05) is 66.7 Å². The summed E-state index contributed by atoms with van der Waals surface area (Å²) in [6, 6.07) is 23.1. The fraction of sp³-hybridized carbons (Fsp3) is 0.314.